The number of ether oxygens (including phenoxy) is 1. The van der Waals surface area contributed by atoms with Crippen LogP contribution in [0.4, 0.5) is 0 Å². The zero-order valence-electron chi connectivity index (χ0n) is 9.69. The van der Waals surface area contributed by atoms with Gasteiger partial charge in [0.25, 0.3) is 0 Å². The van der Waals surface area contributed by atoms with E-state index in [1.165, 1.54) is 6.92 Å². The molecule has 4 heteroatoms. The Bertz CT molecular complexity index is 335. The van der Waals surface area contributed by atoms with Crippen molar-refractivity contribution in [1.29, 1.82) is 0 Å². The van der Waals surface area contributed by atoms with E-state index < -0.39 is 0 Å². The number of carbonyl (C=O) groups is 1. The van der Waals surface area contributed by atoms with Gasteiger partial charge in [-0.25, -0.2) is 0 Å². The minimum absolute atomic E-state index is 0.00843. The SMILES string of the molecule is COc1ccc(C[C@@H](CN)NC(C)=O)cc1. The lowest BCUT2D eigenvalue weighted by Crippen LogP contribution is -2.40. The Labute approximate surface area is 95.8 Å². The summed E-state index contributed by atoms with van der Waals surface area (Å²) in [6.07, 6.45) is 0.736. The van der Waals surface area contributed by atoms with Gasteiger partial charge in [0.2, 0.25) is 5.91 Å². The van der Waals surface area contributed by atoms with E-state index in [1.54, 1.807) is 7.11 Å². The molecule has 0 spiro atoms. The molecule has 0 saturated carbocycles. The lowest BCUT2D eigenvalue weighted by molar-refractivity contribution is -0.119. The number of hydrogen-bond donors (Lipinski definition) is 2. The van der Waals surface area contributed by atoms with Crippen LogP contribution in [0.1, 0.15) is 12.5 Å². The van der Waals surface area contributed by atoms with Crippen molar-refractivity contribution in [2.24, 2.45) is 5.73 Å². The van der Waals surface area contributed by atoms with Gasteiger partial charge in [0.1, 0.15) is 5.75 Å². The van der Waals surface area contributed by atoms with E-state index in [9.17, 15) is 4.79 Å². The predicted molar refractivity (Wildman–Crippen MR) is 63.4 cm³/mol. The summed E-state index contributed by atoms with van der Waals surface area (Å²) in [4.78, 5) is 10.9. The van der Waals surface area contributed by atoms with Crippen molar-refractivity contribution in [3.63, 3.8) is 0 Å². The molecule has 88 valence electrons. The summed E-state index contributed by atoms with van der Waals surface area (Å²) in [5.74, 6) is 0.775. The molecule has 0 bridgehead atoms. The first-order valence-corrected chi connectivity index (χ1v) is 5.25. The Balaban J connectivity index is 2.59. The summed E-state index contributed by atoms with van der Waals surface area (Å²) >= 11 is 0. The summed E-state index contributed by atoms with van der Waals surface area (Å²) in [6, 6.07) is 7.74. The van der Waals surface area contributed by atoms with Crippen LogP contribution in [0.3, 0.4) is 0 Å². The van der Waals surface area contributed by atoms with Crippen LogP contribution in [0.2, 0.25) is 0 Å². The third kappa shape index (κ3) is 3.90. The predicted octanol–water partition coefficient (Wildman–Crippen LogP) is 0.701. The van der Waals surface area contributed by atoms with Crippen molar-refractivity contribution in [3.05, 3.63) is 29.8 Å². The molecule has 0 fully saturated rings. The lowest BCUT2D eigenvalue weighted by atomic mass is 10.1. The minimum Gasteiger partial charge on any atom is -0.497 e. The second-order valence-electron chi connectivity index (χ2n) is 3.69. The Morgan fingerprint density at radius 3 is 2.50 bits per heavy atom. The van der Waals surface area contributed by atoms with E-state index in [0.29, 0.717) is 6.54 Å². The van der Waals surface area contributed by atoms with Crippen LogP contribution in [0.25, 0.3) is 0 Å². The van der Waals surface area contributed by atoms with Crippen LogP contribution in [0.5, 0.6) is 5.75 Å². The summed E-state index contributed by atoms with van der Waals surface area (Å²) in [5.41, 5.74) is 6.72. The number of nitrogens with one attached hydrogen (secondary N) is 1. The molecule has 0 aliphatic heterocycles. The van der Waals surface area contributed by atoms with Gasteiger partial charge >= 0.3 is 0 Å². The van der Waals surface area contributed by atoms with E-state index in [4.69, 9.17) is 10.5 Å². The fourth-order valence-corrected chi connectivity index (χ4v) is 1.53. The monoisotopic (exact) mass is 222 g/mol. The maximum absolute atomic E-state index is 10.9. The van der Waals surface area contributed by atoms with E-state index >= 15 is 0 Å². The van der Waals surface area contributed by atoms with Gasteiger partial charge in [-0.1, -0.05) is 12.1 Å². The van der Waals surface area contributed by atoms with Crippen LogP contribution in [0, 0.1) is 0 Å². The van der Waals surface area contributed by atoms with Crippen LogP contribution < -0.4 is 15.8 Å². The quantitative estimate of drug-likeness (QED) is 0.771. The van der Waals surface area contributed by atoms with Crippen molar-refractivity contribution in [2.45, 2.75) is 19.4 Å². The topological polar surface area (TPSA) is 64.3 Å². The molecule has 1 rings (SSSR count). The molecule has 0 aliphatic rings. The second-order valence-corrected chi connectivity index (χ2v) is 3.69. The molecule has 16 heavy (non-hydrogen) atoms. The number of benzene rings is 1. The van der Waals surface area contributed by atoms with Gasteiger partial charge in [0.05, 0.1) is 7.11 Å². The number of rotatable bonds is 5. The van der Waals surface area contributed by atoms with Crippen molar-refractivity contribution in [2.75, 3.05) is 13.7 Å². The van der Waals surface area contributed by atoms with Crippen molar-refractivity contribution < 1.29 is 9.53 Å². The number of methoxy groups -OCH3 is 1. The minimum atomic E-state index is -0.0519. The molecule has 1 atom stereocenters. The molecule has 1 aromatic rings. The number of nitrogens with two attached hydrogens (primary N) is 1. The molecule has 1 amide bonds. The molecule has 0 aromatic heterocycles. The molecule has 0 unspecified atom stereocenters. The van der Waals surface area contributed by atoms with Gasteiger partial charge in [-0.05, 0) is 24.1 Å². The number of amides is 1. The Kier molecular flexibility index (Phi) is 4.79. The van der Waals surface area contributed by atoms with E-state index in [2.05, 4.69) is 5.32 Å². The second kappa shape index (κ2) is 6.12. The van der Waals surface area contributed by atoms with Crippen LogP contribution in [-0.2, 0) is 11.2 Å². The van der Waals surface area contributed by atoms with Crippen molar-refractivity contribution in [1.82, 2.24) is 5.32 Å². The fraction of sp³-hybridized carbons (Fsp3) is 0.417. The Morgan fingerprint density at radius 1 is 1.44 bits per heavy atom. The van der Waals surface area contributed by atoms with Crippen molar-refractivity contribution in [3.8, 4) is 5.75 Å². The van der Waals surface area contributed by atoms with Crippen LogP contribution in [0.15, 0.2) is 24.3 Å². The molecule has 0 radical (unpaired) electrons. The maximum atomic E-state index is 10.9. The molecule has 0 heterocycles. The van der Waals surface area contributed by atoms with Crippen LogP contribution in [-0.4, -0.2) is 25.6 Å². The molecular formula is C12H18N2O2. The molecule has 0 saturated heterocycles. The first-order chi connectivity index (χ1) is 7.65. The van der Waals surface area contributed by atoms with Gasteiger partial charge in [0.15, 0.2) is 0 Å². The lowest BCUT2D eigenvalue weighted by Gasteiger charge is -2.15. The van der Waals surface area contributed by atoms with Crippen molar-refractivity contribution >= 4 is 5.91 Å². The largest absolute Gasteiger partial charge is 0.497 e. The summed E-state index contributed by atoms with van der Waals surface area (Å²) in [7, 11) is 1.63. The molecular weight excluding hydrogens is 204 g/mol. The highest BCUT2D eigenvalue weighted by Gasteiger charge is 2.08. The summed E-state index contributed by atoms with van der Waals surface area (Å²) in [6.45, 7) is 1.93. The summed E-state index contributed by atoms with van der Waals surface area (Å²) in [5, 5.41) is 2.81. The zero-order chi connectivity index (χ0) is 12.0. The first kappa shape index (κ1) is 12.5. The van der Waals surface area contributed by atoms with Gasteiger partial charge in [0, 0.05) is 19.5 Å². The highest BCUT2D eigenvalue weighted by molar-refractivity contribution is 5.73. The Morgan fingerprint density at radius 2 is 2.06 bits per heavy atom. The Hall–Kier alpha value is -1.55. The third-order valence-electron chi connectivity index (χ3n) is 2.33. The fourth-order valence-electron chi connectivity index (χ4n) is 1.53. The smallest absolute Gasteiger partial charge is 0.217 e. The van der Waals surface area contributed by atoms with Gasteiger partial charge < -0.3 is 15.8 Å². The normalized spacial score (nSPS) is 11.9. The van der Waals surface area contributed by atoms with Gasteiger partial charge in [-0.15, -0.1) is 0 Å². The van der Waals surface area contributed by atoms with E-state index in [1.807, 2.05) is 24.3 Å². The van der Waals surface area contributed by atoms with Gasteiger partial charge in [-0.3, -0.25) is 4.79 Å². The first-order valence-electron chi connectivity index (χ1n) is 5.25. The standard InChI is InChI=1S/C12H18N2O2/c1-9(15)14-11(8-13)7-10-3-5-12(16-2)6-4-10/h3-6,11H,7-8,13H2,1-2H3,(H,14,15)/t11-/m0/s1. The highest BCUT2D eigenvalue weighted by atomic mass is 16.5. The van der Waals surface area contributed by atoms with Gasteiger partial charge in [-0.2, -0.15) is 0 Å². The molecule has 3 N–H and O–H groups in total. The third-order valence-corrected chi connectivity index (χ3v) is 2.33. The maximum Gasteiger partial charge on any atom is 0.217 e. The molecule has 4 nitrogen and oxygen atoms in total. The van der Waals surface area contributed by atoms with Crippen LogP contribution >= 0.6 is 0 Å². The molecule has 0 aliphatic carbocycles. The zero-order valence-corrected chi connectivity index (χ0v) is 9.69. The average Bonchev–Trinajstić information content (AvgIpc) is 2.28. The number of hydrogen-bond acceptors (Lipinski definition) is 3. The molecule has 1 aromatic carbocycles. The summed E-state index contributed by atoms with van der Waals surface area (Å²) < 4.78 is 5.07. The average molecular weight is 222 g/mol. The number of carbonyl (C=O) groups excluding carboxylic acids is 1. The highest BCUT2D eigenvalue weighted by Crippen LogP contribution is 2.12. The van der Waals surface area contributed by atoms with E-state index in [-0.39, 0.29) is 11.9 Å². The van der Waals surface area contributed by atoms with E-state index in [0.717, 1.165) is 17.7 Å².